The number of halogens is 1. The van der Waals surface area contributed by atoms with Crippen LogP contribution in [-0.4, -0.2) is 9.87 Å². The van der Waals surface area contributed by atoms with Gasteiger partial charge in [0.2, 0.25) is 0 Å². The average Bonchev–Trinajstić information content (AvgIpc) is 1.27. The molecule has 0 fully saturated rings. The van der Waals surface area contributed by atoms with Crippen LogP contribution in [0.15, 0.2) is 0 Å². The molecule has 5 heteroatoms. The van der Waals surface area contributed by atoms with Crippen LogP contribution in [0.2, 0.25) is 0 Å². The minimum absolute atomic E-state index is 0.320. The first-order chi connectivity index (χ1) is 3.13. The number of nitrogens with one attached hydrogen (secondary N) is 2. The third kappa shape index (κ3) is 5.67. The van der Waals surface area contributed by atoms with E-state index in [4.69, 9.17) is 11.1 Å². The summed E-state index contributed by atoms with van der Waals surface area (Å²) in [5.41, 5.74) is 4.74. The van der Waals surface area contributed by atoms with Crippen molar-refractivity contribution in [1.82, 2.24) is 5.32 Å². The minimum atomic E-state index is -0.342. The van der Waals surface area contributed by atoms with E-state index in [1.807, 2.05) is 5.32 Å². The van der Waals surface area contributed by atoms with Crippen molar-refractivity contribution in [2.45, 2.75) is 0 Å². The predicted molar refractivity (Wildman–Crippen MR) is 34.5 cm³/mol. The number of carbonyl (C=O) groups is 1. The lowest BCUT2D eigenvalue weighted by molar-refractivity contribution is 0.266. The van der Waals surface area contributed by atoms with Gasteiger partial charge in [-0.25, -0.2) is 0 Å². The summed E-state index contributed by atoms with van der Waals surface area (Å²) in [5, 5.41) is 8.48. The molecule has 4 N–H and O–H groups in total. The quantitative estimate of drug-likeness (QED) is 0.174. The van der Waals surface area contributed by atoms with E-state index >= 15 is 0 Å². The highest BCUT2D eigenvalue weighted by molar-refractivity contribution is 14.1. The van der Waals surface area contributed by atoms with Crippen molar-refractivity contribution in [2.24, 2.45) is 5.73 Å². The molecule has 7 heavy (non-hydrogen) atoms. The molecular weight excluding hydrogens is 209 g/mol. The lowest BCUT2D eigenvalue weighted by atomic mass is 11.0. The Kier molecular flexibility index (Phi) is 2.65. The fraction of sp³-hybridized carbons (Fsp3) is 0. The number of hydrogen-bond donors (Lipinski definition) is 3. The SMILES string of the molecule is N=C(N)NC(=O)I. The highest BCUT2D eigenvalue weighted by Gasteiger charge is 1.89. The van der Waals surface area contributed by atoms with Crippen LogP contribution >= 0.6 is 22.6 Å². The van der Waals surface area contributed by atoms with Gasteiger partial charge in [-0.1, -0.05) is 0 Å². The second-order valence-electron chi connectivity index (χ2n) is 0.812. The highest BCUT2D eigenvalue weighted by Crippen LogP contribution is 1.78. The molecule has 0 radical (unpaired) electrons. The molecule has 0 saturated carbocycles. The molecule has 0 aliphatic carbocycles. The van der Waals surface area contributed by atoms with E-state index in [1.165, 1.54) is 22.6 Å². The van der Waals surface area contributed by atoms with Gasteiger partial charge in [-0.3, -0.25) is 15.5 Å². The van der Waals surface area contributed by atoms with Crippen LogP contribution in [0.3, 0.4) is 0 Å². The van der Waals surface area contributed by atoms with E-state index in [0.717, 1.165) is 0 Å². The number of hydrogen-bond acceptors (Lipinski definition) is 2. The van der Waals surface area contributed by atoms with Crippen LogP contribution in [0.1, 0.15) is 0 Å². The molecule has 4 nitrogen and oxygen atoms in total. The second-order valence-corrected chi connectivity index (χ2v) is 1.79. The lowest BCUT2D eigenvalue weighted by Gasteiger charge is -1.90. The summed E-state index contributed by atoms with van der Waals surface area (Å²) in [4.78, 5) is 9.91. The van der Waals surface area contributed by atoms with E-state index in [9.17, 15) is 4.79 Å². The number of guanidine groups is 1. The Morgan fingerprint density at radius 2 is 2.29 bits per heavy atom. The van der Waals surface area contributed by atoms with Crippen molar-refractivity contribution >= 4 is 32.5 Å². The molecule has 0 aliphatic heterocycles. The summed E-state index contributed by atoms with van der Waals surface area (Å²) in [7, 11) is 0. The smallest absolute Gasteiger partial charge is 0.287 e. The highest BCUT2D eigenvalue weighted by atomic mass is 127. The molecule has 0 spiro atoms. The van der Waals surface area contributed by atoms with Gasteiger partial charge in [-0.2, -0.15) is 0 Å². The van der Waals surface area contributed by atoms with E-state index in [-0.39, 0.29) is 9.87 Å². The molecule has 40 valence electrons. The molecule has 1 amide bonds. The largest absolute Gasteiger partial charge is 0.370 e. The number of amides is 1. The van der Waals surface area contributed by atoms with Gasteiger partial charge in [0.05, 0.1) is 0 Å². The Bertz CT molecular complexity index is 89.1. The summed E-state index contributed by atoms with van der Waals surface area (Å²) < 4.78 is -0.342. The Balaban J connectivity index is 3.32. The van der Waals surface area contributed by atoms with Crippen LogP contribution < -0.4 is 11.1 Å². The average molecular weight is 213 g/mol. The van der Waals surface area contributed by atoms with Gasteiger partial charge in [-0.15, -0.1) is 0 Å². The molecule has 0 aliphatic rings. The van der Waals surface area contributed by atoms with Gasteiger partial charge in [0.15, 0.2) is 5.96 Å². The minimum Gasteiger partial charge on any atom is -0.370 e. The first-order valence-electron chi connectivity index (χ1n) is 1.43. The van der Waals surface area contributed by atoms with Crippen LogP contribution in [0.25, 0.3) is 0 Å². The monoisotopic (exact) mass is 213 g/mol. The van der Waals surface area contributed by atoms with Gasteiger partial charge in [0, 0.05) is 22.6 Å². The summed E-state index contributed by atoms with van der Waals surface area (Å²) in [5.74, 6) is -0.320. The first kappa shape index (κ1) is 6.67. The maximum absolute atomic E-state index is 9.91. The van der Waals surface area contributed by atoms with E-state index < -0.39 is 0 Å². The molecule has 0 aromatic carbocycles. The van der Waals surface area contributed by atoms with Crippen LogP contribution in [-0.2, 0) is 0 Å². The fourth-order valence-corrected chi connectivity index (χ4v) is 0.396. The second kappa shape index (κ2) is 2.78. The molecule has 0 aromatic heterocycles. The van der Waals surface area contributed by atoms with E-state index in [0.29, 0.717) is 0 Å². The van der Waals surface area contributed by atoms with Crippen molar-refractivity contribution in [1.29, 1.82) is 5.41 Å². The number of carbonyl (C=O) groups excluding carboxylic acids is 1. The number of rotatable bonds is 0. The zero-order valence-corrected chi connectivity index (χ0v) is 5.52. The van der Waals surface area contributed by atoms with Gasteiger partial charge < -0.3 is 5.73 Å². The first-order valence-corrected chi connectivity index (χ1v) is 2.51. The lowest BCUT2D eigenvalue weighted by Crippen LogP contribution is -2.31. The summed E-state index contributed by atoms with van der Waals surface area (Å²) in [6.07, 6.45) is 0. The Morgan fingerprint density at radius 3 is 2.29 bits per heavy atom. The van der Waals surface area contributed by atoms with E-state index in [2.05, 4.69) is 0 Å². The third-order valence-corrected chi connectivity index (χ3v) is 0.503. The molecule has 0 aromatic rings. The number of nitrogens with two attached hydrogens (primary N) is 1. The van der Waals surface area contributed by atoms with Gasteiger partial charge in [-0.05, 0) is 0 Å². The zero-order chi connectivity index (χ0) is 5.86. The summed E-state index contributed by atoms with van der Waals surface area (Å²) in [6, 6.07) is 0. The molecule has 0 unspecified atom stereocenters. The maximum atomic E-state index is 9.91. The van der Waals surface area contributed by atoms with Crippen molar-refractivity contribution < 1.29 is 4.79 Å². The molecular formula is C2H4IN3O. The van der Waals surface area contributed by atoms with Crippen molar-refractivity contribution in [2.75, 3.05) is 0 Å². The van der Waals surface area contributed by atoms with Crippen LogP contribution in [0.5, 0.6) is 0 Å². The molecule has 0 saturated heterocycles. The van der Waals surface area contributed by atoms with Gasteiger partial charge in [0.25, 0.3) is 3.91 Å². The zero-order valence-electron chi connectivity index (χ0n) is 3.36. The molecule has 0 rings (SSSR count). The van der Waals surface area contributed by atoms with Crippen LogP contribution in [0.4, 0.5) is 4.79 Å². The Hall–Kier alpha value is -0.330. The maximum Gasteiger partial charge on any atom is 0.287 e. The van der Waals surface area contributed by atoms with E-state index in [1.54, 1.807) is 0 Å². The van der Waals surface area contributed by atoms with Crippen molar-refractivity contribution in [3.05, 3.63) is 0 Å². The molecule has 0 heterocycles. The Labute approximate surface area is 54.1 Å². The summed E-state index contributed by atoms with van der Waals surface area (Å²) >= 11 is 1.49. The van der Waals surface area contributed by atoms with Crippen molar-refractivity contribution in [3.63, 3.8) is 0 Å². The Morgan fingerprint density at radius 1 is 1.86 bits per heavy atom. The summed E-state index contributed by atoms with van der Waals surface area (Å²) in [6.45, 7) is 0. The molecule has 0 atom stereocenters. The topological polar surface area (TPSA) is 79.0 Å². The molecule has 0 bridgehead atoms. The standard InChI is InChI=1S/C2H4IN3O/c3-1(7)6-2(4)5/h(H4,4,5,6,7). The van der Waals surface area contributed by atoms with Gasteiger partial charge in [0.1, 0.15) is 0 Å². The predicted octanol–water partition coefficient (Wildman–Crippen LogP) is 0.0245. The third-order valence-electron chi connectivity index (χ3n) is 0.233. The van der Waals surface area contributed by atoms with Crippen LogP contribution in [0, 0.1) is 5.41 Å². The van der Waals surface area contributed by atoms with Gasteiger partial charge >= 0.3 is 0 Å². The van der Waals surface area contributed by atoms with Crippen molar-refractivity contribution in [3.8, 4) is 0 Å². The normalized spacial score (nSPS) is 7.57. The fourth-order valence-electron chi connectivity index (χ4n) is 0.106.